The van der Waals surface area contributed by atoms with Crippen molar-refractivity contribution in [3.63, 3.8) is 0 Å². The molecule has 0 saturated carbocycles. The zero-order chi connectivity index (χ0) is 19.8. The number of fused-ring (bicyclic) bond motifs is 2. The number of rotatable bonds is 4. The van der Waals surface area contributed by atoms with Gasteiger partial charge in [-0.3, -0.25) is 9.89 Å². The first-order valence-electron chi connectivity index (χ1n) is 9.34. The zero-order valence-electron chi connectivity index (χ0n) is 15.9. The number of methoxy groups -OCH3 is 1. The van der Waals surface area contributed by atoms with Crippen molar-refractivity contribution in [3.8, 4) is 22.6 Å². The van der Waals surface area contributed by atoms with E-state index >= 15 is 0 Å². The number of H-pyrrole nitrogens is 1. The Morgan fingerprint density at radius 1 is 1.10 bits per heavy atom. The van der Waals surface area contributed by atoms with E-state index in [2.05, 4.69) is 16.3 Å². The fourth-order valence-corrected chi connectivity index (χ4v) is 3.61. The monoisotopic (exact) mass is 385 g/mol. The maximum Gasteiger partial charge on any atom is 0.260 e. The summed E-state index contributed by atoms with van der Waals surface area (Å²) in [5, 5.41) is 8.06. The van der Waals surface area contributed by atoms with E-state index in [9.17, 15) is 4.79 Å². The molecule has 6 heteroatoms. The first kappa shape index (κ1) is 17.3. The van der Waals surface area contributed by atoms with Crippen molar-refractivity contribution in [2.75, 3.05) is 13.8 Å². The molecule has 3 aromatic carbocycles. The van der Waals surface area contributed by atoms with Crippen LogP contribution in [0.4, 0.5) is 0 Å². The smallest absolute Gasteiger partial charge is 0.260 e. The molecule has 0 spiro atoms. The van der Waals surface area contributed by atoms with Crippen LogP contribution in [0.5, 0.6) is 11.5 Å². The quantitative estimate of drug-likeness (QED) is 0.571. The number of benzene rings is 3. The van der Waals surface area contributed by atoms with Gasteiger partial charge in [-0.25, -0.2) is 0 Å². The highest BCUT2D eigenvalue weighted by Crippen LogP contribution is 2.32. The summed E-state index contributed by atoms with van der Waals surface area (Å²) in [6, 6.07) is 19.5. The second-order valence-electron chi connectivity index (χ2n) is 7.01. The zero-order valence-corrected chi connectivity index (χ0v) is 15.9. The predicted molar refractivity (Wildman–Crippen MR) is 110 cm³/mol. The van der Waals surface area contributed by atoms with Crippen LogP contribution in [0, 0.1) is 0 Å². The van der Waals surface area contributed by atoms with Gasteiger partial charge in [0.05, 0.1) is 24.4 Å². The predicted octanol–water partition coefficient (Wildman–Crippen LogP) is 4.23. The highest BCUT2D eigenvalue weighted by molar-refractivity contribution is 5.98. The minimum Gasteiger partial charge on any atom is -0.497 e. The summed E-state index contributed by atoms with van der Waals surface area (Å²) in [6.45, 7) is 0.682. The Morgan fingerprint density at radius 3 is 2.86 bits per heavy atom. The largest absolute Gasteiger partial charge is 0.497 e. The summed E-state index contributed by atoms with van der Waals surface area (Å²) >= 11 is 0. The number of nitrogens with zero attached hydrogens (tertiary/aromatic N) is 2. The first-order valence-corrected chi connectivity index (χ1v) is 9.34. The summed E-state index contributed by atoms with van der Waals surface area (Å²) < 4.78 is 11.2. The van der Waals surface area contributed by atoms with Gasteiger partial charge in [0.25, 0.3) is 5.91 Å². The maximum absolute atomic E-state index is 13.0. The molecule has 1 aliphatic rings. The van der Waals surface area contributed by atoms with Crippen LogP contribution >= 0.6 is 0 Å². The van der Waals surface area contributed by atoms with Gasteiger partial charge in [-0.15, -0.1) is 0 Å². The number of carbonyl (C=O) groups is 1. The van der Waals surface area contributed by atoms with Crippen molar-refractivity contribution in [3.05, 3.63) is 78.0 Å². The van der Waals surface area contributed by atoms with E-state index in [-0.39, 0.29) is 12.6 Å². The second kappa shape index (κ2) is 6.98. The third-order valence-corrected chi connectivity index (χ3v) is 5.16. The lowest BCUT2D eigenvalue weighted by atomic mass is 10.0. The van der Waals surface area contributed by atoms with Crippen molar-refractivity contribution in [1.82, 2.24) is 15.1 Å². The number of hydrogen-bond donors (Lipinski definition) is 1. The van der Waals surface area contributed by atoms with Gasteiger partial charge in [-0.2, -0.15) is 5.10 Å². The molecule has 6 nitrogen and oxygen atoms in total. The van der Waals surface area contributed by atoms with Crippen LogP contribution < -0.4 is 9.47 Å². The summed E-state index contributed by atoms with van der Waals surface area (Å²) in [5.41, 5.74) is 4.62. The molecule has 29 heavy (non-hydrogen) atoms. The number of hydrogen-bond acceptors (Lipinski definition) is 4. The fourth-order valence-electron chi connectivity index (χ4n) is 3.61. The molecule has 1 N–H and O–H groups in total. The highest BCUT2D eigenvalue weighted by Gasteiger charge is 2.26. The Bertz CT molecular complexity index is 1210. The molecule has 1 amide bonds. The molecule has 2 heterocycles. The standard InChI is InChI=1S/C23H19N3O3/c1-28-19-4-2-3-15(9-19)13-26-14-29-22-11-17(5-7-20(22)23(26)27)16-6-8-21-18(10-16)12-24-25-21/h2-12H,13-14H2,1H3,(H,24,25). The van der Waals surface area contributed by atoms with Gasteiger partial charge in [0.1, 0.15) is 11.5 Å². The summed E-state index contributed by atoms with van der Waals surface area (Å²) in [5.74, 6) is 1.35. The average Bonchev–Trinajstić information content (AvgIpc) is 3.23. The average molecular weight is 385 g/mol. The Balaban J connectivity index is 1.40. The Hall–Kier alpha value is -3.80. The van der Waals surface area contributed by atoms with Gasteiger partial charge >= 0.3 is 0 Å². The summed E-state index contributed by atoms with van der Waals surface area (Å²) in [7, 11) is 1.63. The molecule has 0 bridgehead atoms. The van der Waals surface area contributed by atoms with E-state index in [1.54, 1.807) is 18.2 Å². The SMILES string of the molecule is COc1cccc(CN2COc3cc(-c4ccc5[nH]ncc5c4)ccc3C2=O)c1. The Kier molecular flexibility index (Phi) is 4.17. The van der Waals surface area contributed by atoms with Crippen molar-refractivity contribution >= 4 is 16.8 Å². The summed E-state index contributed by atoms with van der Waals surface area (Å²) in [4.78, 5) is 14.7. The van der Waals surface area contributed by atoms with Crippen molar-refractivity contribution in [2.24, 2.45) is 0 Å². The topological polar surface area (TPSA) is 67.5 Å². The number of aromatic nitrogens is 2. The number of ether oxygens (including phenoxy) is 2. The second-order valence-corrected chi connectivity index (χ2v) is 7.01. The number of carbonyl (C=O) groups excluding carboxylic acids is 1. The van der Waals surface area contributed by atoms with Crippen LogP contribution in [0.1, 0.15) is 15.9 Å². The fraction of sp³-hybridized carbons (Fsp3) is 0.130. The van der Waals surface area contributed by atoms with Crippen molar-refractivity contribution in [2.45, 2.75) is 6.54 Å². The number of nitrogens with one attached hydrogen (secondary N) is 1. The first-order chi connectivity index (χ1) is 14.2. The van der Waals surface area contributed by atoms with Gasteiger partial charge in [-0.05, 0) is 53.1 Å². The van der Waals surface area contributed by atoms with E-state index < -0.39 is 0 Å². The van der Waals surface area contributed by atoms with Gasteiger partial charge in [0.15, 0.2) is 6.73 Å². The molecule has 1 aromatic heterocycles. The Morgan fingerprint density at radius 2 is 1.97 bits per heavy atom. The molecular weight excluding hydrogens is 366 g/mol. The lowest BCUT2D eigenvalue weighted by molar-refractivity contribution is 0.0498. The minimum absolute atomic E-state index is 0.0362. The molecule has 0 atom stereocenters. The van der Waals surface area contributed by atoms with Crippen LogP contribution in [0.15, 0.2) is 66.9 Å². The van der Waals surface area contributed by atoms with Crippen molar-refractivity contribution in [1.29, 1.82) is 0 Å². The number of aromatic amines is 1. The van der Waals surface area contributed by atoms with Crippen LogP contribution in [-0.2, 0) is 6.54 Å². The van der Waals surface area contributed by atoms with Crippen LogP contribution in [0.2, 0.25) is 0 Å². The van der Waals surface area contributed by atoms with Crippen molar-refractivity contribution < 1.29 is 14.3 Å². The number of amides is 1. The van der Waals surface area contributed by atoms with Gasteiger partial charge in [0, 0.05) is 11.9 Å². The van der Waals surface area contributed by atoms with E-state index in [1.807, 2.05) is 54.6 Å². The van der Waals surface area contributed by atoms with E-state index in [4.69, 9.17) is 9.47 Å². The highest BCUT2D eigenvalue weighted by atomic mass is 16.5. The lowest BCUT2D eigenvalue weighted by Gasteiger charge is -2.29. The molecule has 1 aliphatic heterocycles. The van der Waals surface area contributed by atoms with Gasteiger partial charge in [0.2, 0.25) is 0 Å². The van der Waals surface area contributed by atoms with Gasteiger partial charge in [-0.1, -0.05) is 24.3 Å². The van der Waals surface area contributed by atoms with Crippen LogP contribution in [0.25, 0.3) is 22.0 Å². The Labute approximate surface area is 167 Å². The molecule has 0 aliphatic carbocycles. The molecule has 0 unspecified atom stereocenters. The van der Waals surface area contributed by atoms with E-state index in [0.29, 0.717) is 17.9 Å². The molecular formula is C23H19N3O3. The molecule has 0 radical (unpaired) electrons. The van der Waals surface area contributed by atoms with E-state index in [0.717, 1.165) is 33.3 Å². The molecule has 0 saturated heterocycles. The third-order valence-electron chi connectivity index (χ3n) is 5.16. The van der Waals surface area contributed by atoms with Gasteiger partial charge < -0.3 is 14.4 Å². The molecule has 4 aromatic rings. The lowest BCUT2D eigenvalue weighted by Crippen LogP contribution is -2.38. The maximum atomic E-state index is 13.0. The van der Waals surface area contributed by atoms with E-state index in [1.165, 1.54) is 0 Å². The normalized spacial score (nSPS) is 13.3. The molecule has 144 valence electrons. The van der Waals surface area contributed by atoms with Crippen LogP contribution in [-0.4, -0.2) is 34.8 Å². The molecule has 0 fully saturated rings. The minimum atomic E-state index is -0.0362. The molecule has 5 rings (SSSR count). The van der Waals surface area contributed by atoms with Crippen LogP contribution in [0.3, 0.4) is 0 Å². The third kappa shape index (κ3) is 3.18. The summed E-state index contributed by atoms with van der Waals surface area (Å²) in [6.07, 6.45) is 1.80.